The van der Waals surface area contributed by atoms with Gasteiger partial charge in [-0.3, -0.25) is 0 Å². The molecule has 2 aromatic heterocycles. The maximum atomic E-state index is 9.62. The van der Waals surface area contributed by atoms with Crippen molar-refractivity contribution in [3.8, 4) is 78.7 Å². The minimum absolute atomic E-state index is 0.00559. The van der Waals surface area contributed by atoms with E-state index in [9.17, 15) is 4.11 Å². The summed E-state index contributed by atoms with van der Waals surface area (Å²) in [5, 5.41) is 0.345. The highest BCUT2D eigenvalue weighted by molar-refractivity contribution is 6.13. The Kier molecular flexibility index (Phi) is 6.63. The molecule has 0 unspecified atom stereocenters. The van der Waals surface area contributed by atoms with Crippen LogP contribution in [-0.4, -0.2) is 15.0 Å². The molecular weight excluding hydrogens is 671 g/mol. The number of rotatable bonds is 7. The van der Waals surface area contributed by atoms with Crippen LogP contribution in [0.3, 0.4) is 0 Å². The van der Waals surface area contributed by atoms with E-state index in [0.717, 1.165) is 33.4 Å². The average molecular weight is 710 g/mol. The fourth-order valence-electron chi connectivity index (χ4n) is 6.97. The van der Waals surface area contributed by atoms with Gasteiger partial charge in [0.2, 0.25) is 0 Å². The second-order valence-electron chi connectivity index (χ2n) is 13.1. The zero-order valence-electron chi connectivity index (χ0n) is 35.3. The molecule has 0 bridgehead atoms. The van der Waals surface area contributed by atoms with Crippen LogP contribution >= 0.6 is 0 Å². The monoisotopic (exact) mass is 709 g/mol. The Morgan fingerprint density at radius 1 is 0.364 bits per heavy atom. The van der Waals surface area contributed by atoms with Gasteiger partial charge in [-0.15, -0.1) is 0 Å². The minimum Gasteiger partial charge on any atom is -0.456 e. The molecule has 0 aliphatic heterocycles. The SMILES string of the molecule is [2H]c1c([2H])c(-c2ccc(-c3ccccc3)cc2)c2c(oc3c([2H])c(-c4nc(-c5ccccc5)nc(-c5ccc(-c6ccccc6)cc5-c5ccccc5)n4)c([2H])c([2H])c32)c1[2H]. The summed E-state index contributed by atoms with van der Waals surface area (Å²) < 4.78 is 61.6. The van der Waals surface area contributed by atoms with Gasteiger partial charge in [0.25, 0.3) is 0 Å². The van der Waals surface area contributed by atoms with Crippen molar-refractivity contribution in [2.75, 3.05) is 0 Å². The molecule has 10 aromatic rings. The van der Waals surface area contributed by atoms with Gasteiger partial charge in [-0.05, 0) is 74.8 Å². The number of hydrogen-bond acceptors (Lipinski definition) is 4. The summed E-state index contributed by atoms with van der Waals surface area (Å²) in [4.78, 5) is 14.8. The third-order valence-corrected chi connectivity index (χ3v) is 9.70. The summed E-state index contributed by atoms with van der Waals surface area (Å²) in [7, 11) is 0. The molecule has 258 valence electrons. The van der Waals surface area contributed by atoms with Crippen molar-refractivity contribution < 1.29 is 12.6 Å². The quantitative estimate of drug-likeness (QED) is 0.165. The van der Waals surface area contributed by atoms with E-state index in [1.165, 1.54) is 0 Å². The molecule has 4 nitrogen and oxygen atoms in total. The molecule has 0 saturated carbocycles. The average Bonchev–Trinajstić information content (AvgIpc) is 3.72. The summed E-state index contributed by atoms with van der Waals surface area (Å²) >= 11 is 0. The Labute approximate surface area is 327 Å². The van der Waals surface area contributed by atoms with Crippen LogP contribution in [0.4, 0.5) is 0 Å². The van der Waals surface area contributed by atoms with E-state index in [-0.39, 0.29) is 75.1 Å². The molecule has 0 spiro atoms. The van der Waals surface area contributed by atoms with Crippen LogP contribution in [0.5, 0.6) is 0 Å². The van der Waals surface area contributed by atoms with Gasteiger partial charge in [0.15, 0.2) is 17.5 Å². The number of aromatic nitrogens is 3. The lowest BCUT2D eigenvalue weighted by atomic mass is 9.94. The van der Waals surface area contributed by atoms with Crippen molar-refractivity contribution >= 4 is 21.9 Å². The number of hydrogen-bond donors (Lipinski definition) is 0. The van der Waals surface area contributed by atoms with Gasteiger partial charge in [-0.2, -0.15) is 0 Å². The topological polar surface area (TPSA) is 51.8 Å². The van der Waals surface area contributed by atoms with E-state index in [0.29, 0.717) is 28.3 Å². The Morgan fingerprint density at radius 3 is 1.55 bits per heavy atom. The molecule has 10 rings (SSSR count). The van der Waals surface area contributed by atoms with Crippen LogP contribution in [-0.2, 0) is 0 Å². The molecule has 0 fully saturated rings. The Hall–Kier alpha value is -7.43. The summed E-state index contributed by atoms with van der Waals surface area (Å²) in [6.07, 6.45) is 0. The molecule has 0 aliphatic carbocycles. The number of nitrogens with zero attached hydrogens (tertiary/aromatic N) is 3. The first kappa shape index (κ1) is 26.4. The first-order chi connectivity index (χ1) is 29.8. The first-order valence-corrected chi connectivity index (χ1v) is 18.0. The van der Waals surface area contributed by atoms with Crippen LogP contribution < -0.4 is 0 Å². The van der Waals surface area contributed by atoms with Crippen LogP contribution in [0.2, 0.25) is 0 Å². The lowest BCUT2D eigenvalue weighted by molar-refractivity contribution is 0.669. The van der Waals surface area contributed by atoms with Gasteiger partial charge in [0.05, 0.1) is 8.22 Å². The molecule has 2 heterocycles. The lowest BCUT2D eigenvalue weighted by Gasteiger charge is -2.14. The lowest BCUT2D eigenvalue weighted by Crippen LogP contribution is -2.01. The normalized spacial score (nSPS) is 12.8. The summed E-state index contributed by atoms with van der Waals surface area (Å²) in [5.41, 5.74) is 7.94. The highest BCUT2D eigenvalue weighted by atomic mass is 16.3. The maximum absolute atomic E-state index is 9.62. The van der Waals surface area contributed by atoms with E-state index < -0.39 is 0 Å². The largest absolute Gasteiger partial charge is 0.456 e. The van der Waals surface area contributed by atoms with Gasteiger partial charge < -0.3 is 4.42 Å². The second-order valence-corrected chi connectivity index (χ2v) is 13.1. The van der Waals surface area contributed by atoms with E-state index >= 15 is 0 Å². The van der Waals surface area contributed by atoms with Crippen molar-refractivity contribution in [3.63, 3.8) is 0 Å². The zero-order valence-corrected chi connectivity index (χ0v) is 29.3. The van der Waals surface area contributed by atoms with Crippen LogP contribution in [0.25, 0.3) is 101 Å². The van der Waals surface area contributed by atoms with Gasteiger partial charge in [0, 0.05) is 27.5 Å². The fourth-order valence-corrected chi connectivity index (χ4v) is 6.97. The van der Waals surface area contributed by atoms with Crippen LogP contribution in [0.15, 0.2) is 204 Å². The summed E-state index contributed by atoms with van der Waals surface area (Å²) in [6.45, 7) is 0. The van der Waals surface area contributed by atoms with Crippen molar-refractivity contribution in [1.82, 2.24) is 15.0 Å². The van der Waals surface area contributed by atoms with E-state index in [4.69, 9.17) is 23.5 Å². The van der Waals surface area contributed by atoms with Gasteiger partial charge in [-0.1, -0.05) is 170 Å². The number of furan rings is 1. The van der Waals surface area contributed by atoms with Crippen LogP contribution in [0, 0.1) is 0 Å². The van der Waals surface area contributed by atoms with E-state index in [1.54, 1.807) is 0 Å². The minimum atomic E-state index is -0.347. The Bertz CT molecular complexity index is 3290. The summed E-state index contributed by atoms with van der Waals surface area (Å²) in [6, 6.07) is 51.2. The Morgan fingerprint density at radius 2 is 0.873 bits per heavy atom. The molecule has 0 amide bonds. The standard InChI is InChI=1S/C51H33N3O/c1-5-14-34(15-6-1)36-24-26-38(27-25-36)42-22-13-23-46-48(42)44-31-29-41(33-47(44)55-46)50-52-49(39-20-11-4-12-21-39)53-51(54-50)43-30-28-40(35-16-7-2-8-17-35)32-45(43)37-18-9-3-10-19-37/h1-33H/i13D,22D,23D,29D,31D,33D. The fraction of sp³-hybridized carbons (Fsp3) is 0. The number of benzene rings is 8. The number of fused-ring (bicyclic) bond motifs is 3. The van der Waals surface area contributed by atoms with Gasteiger partial charge in [-0.25, -0.2) is 15.0 Å². The molecule has 0 N–H and O–H groups in total. The predicted octanol–water partition coefficient (Wildman–Crippen LogP) is 13.4. The molecule has 0 radical (unpaired) electrons. The van der Waals surface area contributed by atoms with E-state index in [1.807, 2.05) is 146 Å². The molecule has 55 heavy (non-hydrogen) atoms. The smallest absolute Gasteiger partial charge is 0.164 e. The molecule has 0 aliphatic rings. The predicted molar refractivity (Wildman–Crippen MR) is 225 cm³/mol. The molecular formula is C51H33N3O. The third kappa shape index (κ3) is 6.16. The summed E-state index contributed by atoms with van der Waals surface area (Å²) in [5.74, 6) is 0.630. The Balaban J connectivity index is 1.21. The molecule has 0 atom stereocenters. The maximum Gasteiger partial charge on any atom is 0.164 e. The van der Waals surface area contributed by atoms with E-state index in [2.05, 4.69) is 18.2 Å². The molecule has 4 heteroatoms. The van der Waals surface area contributed by atoms with Crippen molar-refractivity contribution in [1.29, 1.82) is 0 Å². The van der Waals surface area contributed by atoms with Gasteiger partial charge in [0.1, 0.15) is 11.2 Å². The van der Waals surface area contributed by atoms with Crippen molar-refractivity contribution in [3.05, 3.63) is 200 Å². The van der Waals surface area contributed by atoms with Crippen molar-refractivity contribution in [2.45, 2.75) is 0 Å². The van der Waals surface area contributed by atoms with Gasteiger partial charge >= 0.3 is 0 Å². The molecule has 8 aromatic carbocycles. The zero-order chi connectivity index (χ0) is 41.8. The first-order valence-electron chi connectivity index (χ1n) is 21.0. The van der Waals surface area contributed by atoms with Crippen LogP contribution in [0.1, 0.15) is 8.22 Å². The second kappa shape index (κ2) is 13.8. The third-order valence-electron chi connectivity index (χ3n) is 9.70. The molecule has 0 saturated heterocycles. The van der Waals surface area contributed by atoms with Crippen molar-refractivity contribution in [2.24, 2.45) is 0 Å². The highest BCUT2D eigenvalue weighted by Crippen LogP contribution is 2.40. The highest BCUT2D eigenvalue weighted by Gasteiger charge is 2.19.